The lowest BCUT2D eigenvalue weighted by molar-refractivity contribution is 0.227. The summed E-state index contributed by atoms with van der Waals surface area (Å²) in [6.07, 6.45) is 7.07. The minimum absolute atomic E-state index is 0.653. The van der Waals surface area contributed by atoms with E-state index in [-0.39, 0.29) is 0 Å². The highest BCUT2D eigenvalue weighted by atomic mass is 32.1. The summed E-state index contributed by atoms with van der Waals surface area (Å²) in [7, 11) is 0. The molecule has 1 aliphatic heterocycles. The second kappa shape index (κ2) is 8.17. The average molecular weight is 292 g/mol. The molecule has 20 heavy (non-hydrogen) atoms. The van der Waals surface area contributed by atoms with Gasteiger partial charge in [-0.25, -0.2) is 4.98 Å². The zero-order chi connectivity index (χ0) is 14.2. The molecule has 0 radical (unpaired) electrons. The number of nitrogens with one attached hydrogen (secondary N) is 2. The highest BCUT2D eigenvalue weighted by Crippen LogP contribution is 2.08. The van der Waals surface area contributed by atoms with E-state index in [1.807, 2.05) is 25.3 Å². The third-order valence-corrected chi connectivity index (χ3v) is 3.78. The molecule has 0 amide bonds. The van der Waals surface area contributed by atoms with Crippen molar-refractivity contribution in [2.24, 2.45) is 0 Å². The van der Waals surface area contributed by atoms with Gasteiger partial charge >= 0.3 is 0 Å². The Balaban J connectivity index is 1.59. The van der Waals surface area contributed by atoms with Gasteiger partial charge in [-0.05, 0) is 69.7 Å². The van der Waals surface area contributed by atoms with E-state index in [1.54, 1.807) is 0 Å². The second-order valence-corrected chi connectivity index (χ2v) is 5.77. The van der Waals surface area contributed by atoms with Gasteiger partial charge in [0, 0.05) is 12.7 Å². The van der Waals surface area contributed by atoms with E-state index >= 15 is 0 Å². The molecule has 110 valence electrons. The third kappa shape index (κ3) is 5.43. The van der Waals surface area contributed by atoms with Crippen molar-refractivity contribution in [3.05, 3.63) is 23.9 Å². The van der Waals surface area contributed by atoms with Crippen LogP contribution in [-0.2, 0) is 0 Å². The zero-order valence-corrected chi connectivity index (χ0v) is 13.0. The summed E-state index contributed by atoms with van der Waals surface area (Å²) in [4.78, 5) is 6.82. The van der Waals surface area contributed by atoms with Gasteiger partial charge in [-0.15, -0.1) is 0 Å². The van der Waals surface area contributed by atoms with Crippen molar-refractivity contribution < 1.29 is 0 Å². The first-order valence-electron chi connectivity index (χ1n) is 7.44. The molecule has 0 spiro atoms. The van der Waals surface area contributed by atoms with Crippen LogP contribution in [0.25, 0.3) is 0 Å². The van der Waals surface area contributed by atoms with Crippen molar-refractivity contribution in [1.82, 2.24) is 15.2 Å². The molecular weight excluding hydrogens is 268 g/mol. The molecule has 1 fully saturated rings. The number of thiocarbonyl (C=S) groups is 1. The summed E-state index contributed by atoms with van der Waals surface area (Å²) >= 11 is 5.26. The lowest BCUT2D eigenvalue weighted by Crippen LogP contribution is -2.34. The molecule has 1 saturated heterocycles. The highest BCUT2D eigenvalue weighted by Gasteiger charge is 2.08. The van der Waals surface area contributed by atoms with E-state index in [4.69, 9.17) is 12.2 Å². The number of piperidine rings is 1. The minimum atomic E-state index is 0.653. The van der Waals surface area contributed by atoms with E-state index in [9.17, 15) is 0 Å². The van der Waals surface area contributed by atoms with E-state index in [0.29, 0.717) is 5.11 Å². The quantitative estimate of drug-likeness (QED) is 0.645. The Labute approximate surface area is 127 Å². The van der Waals surface area contributed by atoms with Crippen LogP contribution < -0.4 is 10.6 Å². The van der Waals surface area contributed by atoms with Crippen molar-refractivity contribution in [1.29, 1.82) is 0 Å². The first-order chi connectivity index (χ1) is 9.74. The fourth-order valence-corrected chi connectivity index (χ4v) is 2.60. The van der Waals surface area contributed by atoms with Crippen LogP contribution in [0.4, 0.5) is 5.82 Å². The Morgan fingerprint density at radius 1 is 1.30 bits per heavy atom. The fraction of sp³-hybridized carbons (Fsp3) is 0.600. The number of aromatic nitrogens is 1. The van der Waals surface area contributed by atoms with Gasteiger partial charge in [0.2, 0.25) is 0 Å². The molecule has 2 heterocycles. The van der Waals surface area contributed by atoms with Crippen molar-refractivity contribution in [3.63, 3.8) is 0 Å². The normalized spacial score (nSPS) is 15.8. The lowest BCUT2D eigenvalue weighted by Gasteiger charge is -2.26. The molecule has 0 aliphatic carbocycles. The number of rotatable bonds is 5. The predicted molar refractivity (Wildman–Crippen MR) is 88.1 cm³/mol. The number of hydrogen-bond donors (Lipinski definition) is 2. The van der Waals surface area contributed by atoms with Crippen molar-refractivity contribution in [2.45, 2.75) is 32.6 Å². The SMILES string of the molecule is Cc1ccc(NC(=S)NCCCN2CCCCC2)nc1. The highest BCUT2D eigenvalue weighted by molar-refractivity contribution is 7.80. The van der Waals surface area contributed by atoms with Gasteiger partial charge in [-0.1, -0.05) is 12.5 Å². The summed E-state index contributed by atoms with van der Waals surface area (Å²) in [5.41, 5.74) is 1.15. The molecule has 4 nitrogen and oxygen atoms in total. The van der Waals surface area contributed by atoms with Crippen LogP contribution in [0.2, 0.25) is 0 Å². The Morgan fingerprint density at radius 2 is 2.10 bits per heavy atom. The lowest BCUT2D eigenvalue weighted by atomic mass is 10.1. The van der Waals surface area contributed by atoms with Crippen molar-refractivity contribution in [3.8, 4) is 0 Å². The number of anilines is 1. The molecule has 1 aliphatic rings. The van der Waals surface area contributed by atoms with E-state index in [2.05, 4.69) is 20.5 Å². The Bertz CT molecular complexity index is 412. The van der Waals surface area contributed by atoms with Crippen LogP contribution in [0.3, 0.4) is 0 Å². The average Bonchev–Trinajstić information content (AvgIpc) is 2.47. The summed E-state index contributed by atoms with van der Waals surface area (Å²) in [6.45, 7) is 6.62. The van der Waals surface area contributed by atoms with Gasteiger partial charge in [-0.3, -0.25) is 0 Å². The van der Waals surface area contributed by atoms with Gasteiger partial charge in [0.15, 0.2) is 5.11 Å². The molecule has 0 saturated carbocycles. The molecular formula is C15H24N4S. The molecule has 1 aromatic rings. The number of hydrogen-bond acceptors (Lipinski definition) is 3. The van der Waals surface area contributed by atoms with Crippen LogP contribution in [-0.4, -0.2) is 41.2 Å². The van der Waals surface area contributed by atoms with Crippen molar-refractivity contribution >= 4 is 23.1 Å². The number of pyridine rings is 1. The van der Waals surface area contributed by atoms with Crippen LogP contribution in [0.1, 0.15) is 31.2 Å². The van der Waals surface area contributed by atoms with Gasteiger partial charge < -0.3 is 15.5 Å². The molecule has 2 N–H and O–H groups in total. The topological polar surface area (TPSA) is 40.2 Å². The van der Waals surface area contributed by atoms with E-state index in [1.165, 1.54) is 38.9 Å². The van der Waals surface area contributed by atoms with Gasteiger partial charge in [-0.2, -0.15) is 0 Å². The fourth-order valence-electron chi connectivity index (χ4n) is 2.39. The molecule has 1 aromatic heterocycles. The zero-order valence-electron chi connectivity index (χ0n) is 12.2. The van der Waals surface area contributed by atoms with Crippen LogP contribution in [0, 0.1) is 6.92 Å². The maximum atomic E-state index is 5.26. The summed E-state index contributed by atoms with van der Waals surface area (Å²) in [5, 5.41) is 6.99. The monoisotopic (exact) mass is 292 g/mol. The van der Waals surface area contributed by atoms with Gasteiger partial charge in [0.05, 0.1) is 0 Å². The molecule has 0 aromatic carbocycles. The first-order valence-corrected chi connectivity index (χ1v) is 7.85. The standard InChI is InChI=1S/C15H24N4S/c1-13-6-7-14(17-12-13)18-15(20)16-8-5-11-19-9-3-2-4-10-19/h6-7,12H,2-5,8-11H2,1H3,(H2,16,17,18,20). The number of nitrogens with zero attached hydrogens (tertiary/aromatic N) is 2. The summed E-state index contributed by atoms with van der Waals surface area (Å²) in [6, 6.07) is 3.96. The third-order valence-electron chi connectivity index (χ3n) is 3.54. The van der Waals surface area contributed by atoms with Gasteiger partial charge in [0.1, 0.15) is 5.82 Å². The van der Waals surface area contributed by atoms with Crippen molar-refractivity contribution in [2.75, 3.05) is 31.5 Å². The second-order valence-electron chi connectivity index (χ2n) is 5.36. The first kappa shape index (κ1) is 15.2. The van der Waals surface area contributed by atoms with Crippen LogP contribution in [0.15, 0.2) is 18.3 Å². The van der Waals surface area contributed by atoms with E-state index in [0.717, 1.165) is 24.3 Å². The van der Waals surface area contributed by atoms with E-state index < -0.39 is 0 Å². The Morgan fingerprint density at radius 3 is 2.80 bits per heavy atom. The maximum Gasteiger partial charge on any atom is 0.171 e. The number of aryl methyl sites for hydroxylation is 1. The summed E-state index contributed by atoms with van der Waals surface area (Å²) < 4.78 is 0. The summed E-state index contributed by atoms with van der Waals surface area (Å²) in [5.74, 6) is 0.795. The smallest absolute Gasteiger partial charge is 0.171 e. The largest absolute Gasteiger partial charge is 0.362 e. The number of likely N-dealkylation sites (tertiary alicyclic amines) is 1. The Kier molecular flexibility index (Phi) is 6.21. The molecule has 0 bridgehead atoms. The molecule has 2 rings (SSSR count). The maximum absolute atomic E-state index is 5.26. The van der Waals surface area contributed by atoms with Gasteiger partial charge in [0.25, 0.3) is 0 Å². The Hall–Kier alpha value is -1.20. The minimum Gasteiger partial charge on any atom is -0.362 e. The predicted octanol–water partition coefficient (Wildman–Crippen LogP) is 2.55. The van der Waals surface area contributed by atoms with Crippen LogP contribution in [0.5, 0.6) is 0 Å². The van der Waals surface area contributed by atoms with Crippen LogP contribution >= 0.6 is 12.2 Å². The molecule has 5 heteroatoms. The molecule has 0 atom stereocenters. The molecule has 0 unspecified atom stereocenters.